The lowest BCUT2D eigenvalue weighted by Crippen LogP contribution is -2.50. The highest BCUT2D eigenvalue weighted by Gasteiger charge is 2.21. The molecule has 116 valence electrons. The average molecular weight is 313 g/mol. The lowest BCUT2D eigenvalue weighted by atomic mass is 10.1. The molecule has 1 aromatic heterocycles. The van der Waals surface area contributed by atoms with Crippen molar-refractivity contribution < 1.29 is 9.59 Å². The monoisotopic (exact) mass is 312 g/mol. The number of aromatic nitrogens is 1. The molecule has 0 aliphatic rings. The molecule has 0 aromatic carbocycles. The number of nitrogens with zero attached hydrogens (tertiary/aromatic N) is 1. The Morgan fingerprint density at radius 3 is 2.43 bits per heavy atom. The minimum atomic E-state index is -0.651. The highest BCUT2D eigenvalue weighted by Crippen LogP contribution is 2.14. The fraction of sp³-hybridized carbons (Fsp3) is 0.500. The van der Waals surface area contributed by atoms with Crippen molar-refractivity contribution >= 4 is 29.2 Å². The van der Waals surface area contributed by atoms with Crippen LogP contribution in [-0.4, -0.2) is 35.4 Å². The zero-order chi connectivity index (χ0) is 16.2. The molecule has 0 radical (unpaired) electrons. The molecule has 1 heterocycles. The van der Waals surface area contributed by atoms with E-state index < -0.39 is 6.04 Å². The van der Waals surface area contributed by atoms with Gasteiger partial charge in [0.2, 0.25) is 5.91 Å². The number of carbonyl (C=O) groups is 2. The maximum atomic E-state index is 12.1. The zero-order valence-corrected chi connectivity index (χ0v) is 13.6. The maximum absolute atomic E-state index is 12.1. The highest BCUT2D eigenvalue weighted by molar-refractivity contribution is 6.29. The average Bonchev–Trinajstić information content (AvgIpc) is 2.35. The molecule has 0 saturated heterocycles. The molecule has 2 amide bonds. The van der Waals surface area contributed by atoms with E-state index in [1.54, 1.807) is 20.0 Å². The number of halogens is 1. The van der Waals surface area contributed by atoms with Crippen molar-refractivity contribution in [2.45, 2.75) is 39.3 Å². The van der Waals surface area contributed by atoms with Gasteiger partial charge in [-0.3, -0.25) is 9.59 Å². The van der Waals surface area contributed by atoms with Crippen LogP contribution in [0.15, 0.2) is 12.1 Å². The van der Waals surface area contributed by atoms with Crippen molar-refractivity contribution in [3.63, 3.8) is 0 Å². The van der Waals surface area contributed by atoms with Gasteiger partial charge in [0, 0.05) is 18.2 Å². The predicted octanol–water partition coefficient (Wildman–Crippen LogP) is 1.81. The Morgan fingerprint density at radius 2 is 1.90 bits per heavy atom. The van der Waals surface area contributed by atoms with E-state index in [-0.39, 0.29) is 22.5 Å². The summed E-state index contributed by atoms with van der Waals surface area (Å²) in [5.74, 6) is -0.142. The lowest BCUT2D eigenvalue weighted by molar-refractivity contribution is -0.124. The van der Waals surface area contributed by atoms with Crippen LogP contribution in [0.3, 0.4) is 0 Å². The Morgan fingerprint density at radius 1 is 1.29 bits per heavy atom. The number of nitrogens with one attached hydrogen (secondary N) is 3. The van der Waals surface area contributed by atoms with Gasteiger partial charge in [-0.2, -0.15) is 0 Å². The predicted molar refractivity (Wildman–Crippen MR) is 83.6 cm³/mol. The van der Waals surface area contributed by atoms with Crippen LogP contribution in [0.4, 0.5) is 5.82 Å². The first kappa shape index (κ1) is 17.2. The summed E-state index contributed by atoms with van der Waals surface area (Å²) in [6.07, 6.45) is 0. The van der Waals surface area contributed by atoms with Gasteiger partial charge in [0.1, 0.15) is 17.0 Å². The summed E-state index contributed by atoms with van der Waals surface area (Å²) in [6, 6.07) is 2.36. The molecule has 7 heteroatoms. The van der Waals surface area contributed by atoms with Crippen LogP contribution < -0.4 is 16.0 Å². The fourth-order valence-corrected chi connectivity index (χ4v) is 1.79. The topological polar surface area (TPSA) is 83.1 Å². The van der Waals surface area contributed by atoms with Gasteiger partial charge < -0.3 is 16.0 Å². The largest absolute Gasteiger partial charge is 0.373 e. The van der Waals surface area contributed by atoms with Gasteiger partial charge in [-0.1, -0.05) is 11.6 Å². The lowest BCUT2D eigenvalue weighted by Gasteiger charge is -2.23. The van der Waals surface area contributed by atoms with Gasteiger partial charge in [-0.05, 0) is 39.8 Å². The van der Waals surface area contributed by atoms with Crippen LogP contribution in [0.1, 0.15) is 38.1 Å². The first-order valence-electron chi connectivity index (χ1n) is 6.60. The van der Waals surface area contributed by atoms with E-state index in [9.17, 15) is 9.59 Å². The summed E-state index contributed by atoms with van der Waals surface area (Å²) < 4.78 is 0. The summed E-state index contributed by atoms with van der Waals surface area (Å²) in [6.45, 7) is 7.25. The minimum absolute atomic E-state index is 0.207. The van der Waals surface area contributed by atoms with E-state index in [1.165, 1.54) is 6.07 Å². The number of hydrogen-bond donors (Lipinski definition) is 3. The van der Waals surface area contributed by atoms with Crippen molar-refractivity contribution in [2.24, 2.45) is 0 Å². The molecule has 3 N–H and O–H groups in total. The quantitative estimate of drug-likeness (QED) is 0.740. The van der Waals surface area contributed by atoms with E-state index in [0.29, 0.717) is 11.4 Å². The molecule has 0 aliphatic carbocycles. The van der Waals surface area contributed by atoms with Gasteiger partial charge >= 0.3 is 0 Å². The molecule has 0 fully saturated rings. The van der Waals surface area contributed by atoms with Crippen LogP contribution in [0, 0.1) is 0 Å². The van der Waals surface area contributed by atoms with E-state index >= 15 is 0 Å². The third kappa shape index (κ3) is 5.59. The Hall–Kier alpha value is -1.82. The normalized spacial score (nSPS) is 12.5. The van der Waals surface area contributed by atoms with E-state index in [4.69, 9.17) is 11.6 Å². The molecular formula is C14H21ClN4O2. The summed E-state index contributed by atoms with van der Waals surface area (Å²) in [4.78, 5) is 28.1. The Bertz CT molecular complexity index is 540. The summed E-state index contributed by atoms with van der Waals surface area (Å²) >= 11 is 5.85. The molecule has 0 spiro atoms. The Kier molecular flexibility index (Phi) is 5.54. The molecule has 1 aromatic rings. The summed E-state index contributed by atoms with van der Waals surface area (Å²) in [7, 11) is 1.68. The summed E-state index contributed by atoms with van der Waals surface area (Å²) in [5, 5.41) is 8.46. The van der Waals surface area contributed by atoms with Crippen molar-refractivity contribution in [1.29, 1.82) is 0 Å². The van der Waals surface area contributed by atoms with Gasteiger partial charge in [-0.15, -0.1) is 0 Å². The molecule has 0 bridgehead atoms. The van der Waals surface area contributed by atoms with E-state index in [0.717, 1.165) is 0 Å². The third-order valence-corrected chi connectivity index (χ3v) is 2.75. The molecule has 6 nitrogen and oxygen atoms in total. The Labute approximate surface area is 129 Å². The third-order valence-electron chi connectivity index (χ3n) is 2.55. The van der Waals surface area contributed by atoms with Crippen LogP contribution >= 0.6 is 11.6 Å². The number of carbonyl (C=O) groups excluding carboxylic acids is 2. The molecule has 1 unspecified atom stereocenters. The van der Waals surface area contributed by atoms with Crippen molar-refractivity contribution in [3.05, 3.63) is 22.8 Å². The van der Waals surface area contributed by atoms with Gasteiger partial charge in [0.15, 0.2) is 0 Å². The van der Waals surface area contributed by atoms with Crippen molar-refractivity contribution in [2.75, 3.05) is 12.4 Å². The maximum Gasteiger partial charge on any atom is 0.252 e. The van der Waals surface area contributed by atoms with E-state index in [2.05, 4.69) is 20.9 Å². The van der Waals surface area contributed by atoms with E-state index in [1.807, 2.05) is 20.8 Å². The van der Waals surface area contributed by atoms with Crippen LogP contribution in [-0.2, 0) is 4.79 Å². The minimum Gasteiger partial charge on any atom is -0.373 e. The molecule has 0 saturated carbocycles. The highest BCUT2D eigenvalue weighted by atomic mass is 35.5. The van der Waals surface area contributed by atoms with Gasteiger partial charge in [0.05, 0.1) is 0 Å². The van der Waals surface area contributed by atoms with Crippen molar-refractivity contribution in [1.82, 2.24) is 15.6 Å². The van der Waals surface area contributed by atoms with Crippen LogP contribution in [0.5, 0.6) is 0 Å². The first-order chi connectivity index (χ1) is 9.62. The smallest absolute Gasteiger partial charge is 0.252 e. The molecule has 21 heavy (non-hydrogen) atoms. The van der Waals surface area contributed by atoms with Gasteiger partial charge in [-0.25, -0.2) is 4.98 Å². The number of amides is 2. The second kappa shape index (κ2) is 6.76. The fourth-order valence-electron chi connectivity index (χ4n) is 1.58. The number of pyridine rings is 1. The van der Waals surface area contributed by atoms with Crippen LogP contribution in [0.25, 0.3) is 0 Å². The zero-order valence-electron chi connectivity index (χ0n) is 12.9. The SMILES string of the molecule is CNc1cc(C(=O)NC(C)C(=O)NC(C)(C)C)cc(Cl)n1. The first-order valence-corrected chi connectivity index (χ1v) is 6.98. The number of anilines is 1. The van der Waals surface area contributed by atoms with Gasteiger partial charge in [0.25, 0.3) is 5.91 Å². The molecule has 0 aliphatic heterocycles. The number of rotatable bonds is 4. The molecule has 1 atom stereocenters. The second-order valence-electron chi connectivity index (χ2n) is 5.75. The Balaban J connectivity index is 2.77. The second-order valence-corrected chi connectivity index (χ2v) is 6.14. The standard InChI is InChI=1S/C14H21ClN4O2/c1-8(12(20)19-14(2,3)4)17-13(21)9-6-10(15)18-11(7-9)16-5/h6-8H,1-5H3,(H,16,18)(H,17,21)(H,19,20). The number of hydrogen-bond acceptors (Lipinski definition) is 4. The van der Waals surface area contributed by atoms with Crippen molar-refractivity contribution in [3.8, 4) is 0 Å². The summed E-state index contributed by atoms with van der Waals surface area (Å²) in [5.41, 5.74) is -0.00947. The van der Waals surface area contributed by atoms with Crippen LogP contribution in [0.2, 0.25) is 5.15 Å². The molecule has 1 rings (SSSR count). The molecular weight excluding hydrogens is 292 g/mol.